The normalized spacial score (nSPS) is 15.1. The van der Waals surface area contributed by atoms with Crippen LogP contribution in [0.2, 0.25) is 5.02 Å². The monoisotopic (exact) mass is 256 g/mol. The van der Waals surface area contributed by atoms with Crippen LogP contribution in [0.5, 0.6) is 0 Å². The van der Waals surface area contributed by atoms with Crippen molar-refractivity contribution in [3.63, 3.8) is 0 Å². The third-order valence-corrected chi connectivity index (χ3v) is 3.46. The van der Waals surface area contributed by atoms with Crippen LogP contribution in [0, 0.1) is 5.82 Å². The molecule has 0 bridgehead atoms. The molecular formula is C12H14ClFN2O. The molecule has 1 unspecified atom stereocenters. The number of aromatic nitrogens is 2. The molecule has 0 aliphatic carbocycles. The minimum Gasteiger partial charge on any atom is -0.371 e. The molecule has 0 aliphatic rings. The Kier molecular flexibility index (Phi) is 3.10. The van der Waals surface area contributed by atoms with E-state index in [1.807, 2.05) is 13.8 Å². The maximum absolute atomic E-state index is 13.8. The smallest absolute Gasteiger partial charge is 0.169 e. The zero-order valence-corrected chi connectivity index (χ0v) is 10.7. The predicted octanol–water partition coefficient (Wildman–Crippen LogP) is 3.63. The van der Waals surface area contributed by atoms with E-state index in [2.05, 4.69) is 9.97 Å². The molecule has 0 amide bonds. The summed E-state index contributed by atoms with van der Waals surface area (Å²) in [5, 5.41) is 0.0752. The summed E-state index contributed by atoms with van der Waals surface area (Å²) in [4.78, 5) is 7.32. The second-order valence-corrected chi connectivity index (χ2v) is 4.54. The lowest BCUT2D eigenvalue weighted by Gasteiger charge is -2.23. The lowest BCUT2D eigenvalue weighted by molar-refractivity contribution is -0.00804. The topological polar surface area (TPSA) is 37.9 Å². The van der Waals surface area contributed by atoms with E-state index in [0.717, 1.165) is 6.42 Å². The van der Waals surface area contributed by atoms with Crippen LogP contribution in [0.1, 0.15) is 26.1 Å². The van der Waals surface area contributed by atoms with Gasteiger partial charge in [-0.05, 0) is 25.5 Å². The molecule has 1 N–H and O–H groups in total. The fourth-order valence-electron chi connectivity index (χ4n) is 1.68. The van der Waals surface area contributed by atoms with Gasteiger partial charge in [-0.3, -0.25) is 0 Å². The second kappa shape index (κ2) is 4.27. The van der Waals surface area contributed by atoms with Gasteiger partial charge in [-0.2, -0.15) is 0 Å². The van der Waals surface area contributed by atoms with Crippen molar-refractivity contribution < 1.29 is 9.13 Å². The molecule has 1 atom stereocenters. The number of nitrogens with zero attached hydrogens (tertiary/aromatic N) is 1. The summed E-state index contributed by atoms with van der Waals surface area (Å²) in [6, 6.07) is 3.22. The Balaban J connectivity index is 2.63. The number of methoxy groups -OCH3 is 1. The van der Waals surface area contributed by atoms with Crippen molar-refractivity contribution in [3.05, 3.63) is 28.8 Å². The van der Waals surface area contributed by atoms with Crippen molar-refractivity contribution in [2.75, 3.05) is 7.11 Å². The van der Waals surface area contributed by atoms with Gasteiger partial charge in [-0.25, -0.2) is 9.37 Å². The second-order valence-electron chi connectivity index (χ2n) is 4.13. The number of hydrogen-bond acceptors (Lipinski definition) is 2. The highest BCUT2D eigenvalue weighted by atomic mass is 35.5. The van der Waals surface area contributed by atoms with E-state index >= 15 is 0 Å². The van der Waals surface area contributed by atoms with Crippen LogP contribution < -0.4 is 0 Å². The van der Waals surface area contributed by atoms with Gasteiger partial charge in [0.2, 0.25) is 0 Å². The number of rotatable bonds is 3. The van der Waals surface area contributed by atoms with E-state index in [4.69, 9.17) is 16.3 Å². The maximum Gasteiger partial charge on any atom is 0.169 e. The van der Waals surface area contributed by atoms with Crippen molar-refractivity contribution >= 4 is 22.6 Å². The molecule has 1 aromatic heterocycles. The van der Waals surface area contributed by atoms with Crippen LogP contribution in [-0.4, -0.2) is 17.1 Å². The maximum atomic E-state index is 13.8. The van der Waals surface area contributed by atoms with Crippen molar-refractivity contribution in [2.24, 2.45) is 0 Å². The Morgan fingerprint density at radius 3 is 2.82 bits per heavy atom. The highest BCUT2D eigenvalue weighted by molar-refractivity contribution is 6.31. The zero-order valence-electron chi connectivity index (χ0n) is 9.97. The number of fused-ring (bicyclic) bond motifs is 1. The highest BCUT2D eigenvalue weighted by Crippen LogP contribution is 2.30. The van der Waals surface area contributed by atoms with E-state index in [1.54, 1.807) is 13.2 Å². The van der Waals surface area contributed by atoms with E-state index in [1.165, 1.54) is 6.07 Å². The van der Waals surface area contributed by atoms with Gasteiger partial charge in [0.15, 0.2) is 5.82 Å². The Morgan fingerprint density at radius 2 is 2.24 bits per heavy atom. The third-order valence-electron chi connectivity index (χ3n) is 3.17. The average Bonchev–Trinajstić information content (AvgIpc) is 2.78. The van der Waals surface area contributed by atoms with Gasteiger partial charge in [-0.15, -0.1) is 0 Å². The third kappa shape index (κ3) is 1.91. The molecule has 0 radical (unpaired) electrons. The number of nitrogens with one attached hydrogen (secondary N) is 1. The van der Waals surface area contributed by atoms with Gasteiger partial charge < -0.3 is 9.72 Å². The molecule has 17 heavy (non-hydrogen) atoms. The minimum atomic E-state index is -0.544. The first-order valence-corrected chi connectivity index (χ1v) is 5.79. The van der Waals surface area contributed by atoms with Crippen molar-refractivity contribution in [1.82, 2.24) is 9.97 Å². The number of halogens is 2. The largest absolute Gasteiger partial charge is 0.371 e. The summed E-state index contributed by atoms with van der Waals surface area (Å²) in [6.07, 6.45) is 0.735. The van der Waals surface area contributed by atoms with Crippen LogP contribution in [0.3, 0.4) is 0 Å². The molecule has 1 aromatic carbocycles. The summed E-state index contributed by atoms with van der Waals surface area (Å²) >= 11 is 5.72. The minimum absolute atomic E-state index is 0.0752. The fourth-order valence-corrected chi connectivity index (χ4v) is 1.83. The van der Waals surface area contributed by atoms with Crippen molar-refractivity contribution in [2.45, 2.75) is 25.9 Å². The summed E-state index contributed by atoms with van der Waals surface area (Å²) in [7, 11) is 1.61. The number of aromatic amines is 1. The molecule has 0 spiro atoms. The van der Waals surface area contributed by atoms with Gasteiger partial charge in [0.05, 0.1) is 10.5 Å². The lowest BCUT2D eigenvalue weighted by atomic mass is 10.0. The van der Waals surface area contributed by atoms with Crippen molar-refractivity contribution in [1.29, 1.82) is 0 Å². The SMILES string of the molecule is CCC(C)(OC)c1nc2c(F)c(Cl)ccc2[nH]1. The molecule has 1 heterocycles. The standard InChI is InChI=1S/C12H14ClFN2O/c1-4-12(2,17-3)11-15-8-6-5-7(13)9(14)10(8)16-11/h5-6H,4H2,1-3H3,(H,15,16). The van der Waals surface area contributed by atoms with Gasteiger partial charge in [0, 0.05) is 7.11 Å². The molecule has 0 saturated carbocycles. The fraction of sp³-hybridized carbons (Fsp3) is 0.417. The summed E-state index contributed by atoms with van der Waals surface area (Å²) < 4.78 is 19.2. The molecule has 0 saturated heterocycles. The molecule has 2 aromatic rings. The Bertz CT molecular complexity index is 549. The molecule has 5 heteroatoms. The van der Waals surface area contributed by atoms with Crippen LogP contribution in [0.25, 0.3) is 11.0 Å². The number of H-pyrrole nitrogens is 1. The lowest BCUT2D eigenvalue weighted by Crippen LogP contribution is -2.24. The van der Waals surface area contributed by atoms with Crippen LogP contribution in [0.4, 0.5) is 4.39 Å². The average molecular weight is 257 g/mol. The van der Waals surface area contributed by atoms with Crippen LogP contribution in [-0.2, 0) is 10.3 Å². The first kappa shape index (κ1) is 12.3. The first-order chi connectivity index (χ1) is 8.01. The van der Waals surface area contributed by atoms with E-state index in [-0.39, 0.29) is 10.5 Å². The number of hydrogen-bond donors (Lipinski definition) is 1. The molecule has 92 valence electrons. The van der Waals surface area contributed by atoms with Crippen LogP contribution >= 0.6 is 11.6 Å². The number of benzene rings is 1. The van der Waals surface area contributed by atoms with Crippen molar-refractivity contribution in [3.8, 4) is 0 Å². The van der Waals surface area contributed by atoms with Gasteiger partial charge in [0.1, 0.15) is 16.9 Å². The van der Waals surface area contributed by atoms with Gasteiger partial charge >= 0.3 is 0 Å². The Hall–Kier alpha value is -1.13. The van der Waals surface area contributed by atoms with E-state index in [9.17, 15) is 4.39 Å². The number of imidazole rings is 1. The predicted molar refractivity (Wildman–Crippen MR) is 65.7 cm³/mol. The summed E-state index contributed by atoms with van der Waals surface area (Å²) in [5.74, 6) is 0.111. The Labute approximate surface area is 104 Å². The number of ether oxygens (including phenoxy) is 1. The summed E-state index contributed by atoms with van der Waals surface area (Å²) in [5.41, 5.74) is 0.334. The first-order valence-electron chi connectivity index (χ1n) is 5.41. The summed E-state index contributed by atoms with van der Waals surface area (Å²) in [6.45, 7) is 3.89. The molecule has 0 aliphatic heterocycles. The zero-order chi connectivity index (χ0) is 12.6. The van der Waals surface area contributed by atoms with E-state index < -0.39 is 11.4 Å². The molecule has 0 fully saturated rings. The quantitative estimate of drug-likeness (QED) is 0.911. The van der Waals surface area contributed by atoms with Gasteiger partial charge in [0.25, 0.3) is 0 Å². The van der Waals surface area contributed by atoms with Crippen LogP contribution in [0.15, 0.2) is 12.1 Å². The Morgan fingerprint density at radius 1 is 1.53 bits per heavy atom. The van der Waals surface area contributed by atoms with E-state index in [0.29, 0.717) is 11.3 Å². The molecular weight excluding hydrogens is 243 g/mol. The van der Waals surface area contributed by atoms with Gasteiger partial charge in [-0.1, -0.05) is 18.5 Å². The molecule has 2 rings (SSSR count). The molecule has 3 nitrogen and oxygen atoms in total. The highest BCUT2D eigenvalue weighted by Gasteiger charge is 2.28.